The maximum Gasteiger partial charge on any atom is 0.328 e. The van der Waals surface area contributed by atoms with Crippen molar-refractivity contribution in [2.45, 2.75) is 12.8 Å². The minimum absolute atomic E-state index is 0.0863. The zero-order chi connectivity index (χ0) is 27.6. The fourth-order valence-electron chi connectivity index (χ4n) is 4.45. The Bertz CT molecular complexity index is 1490. The lowest BCUT2D eigenvalue weighted by Gasteiger charge is -2.36. The summed E-state index contributed by atoms with van der Waals surface area (Å²) in [5, 5.41) is 20.2. The van der Waals surface area contributed by atoms with Crippen LogP contribution in [0.1, 0.15) is 12.8 Å². The van der Waals surface area contributed by atoms with E-state index in [4.69, 9.17) is 14.9 Å². The number of pyridine rings is 1. The van der Waals surface area contributed by atoms with Crippen molar-refractivity contribution in [1.29, 1.82) is 0 Å². The number of carbonyl (C=O) groups is 2. The van der Waals surface area contributed by atoms with Gasteiger partial charge in [0.2, 0.25) is 5.56 Å². The van der Waals surface area contributed by atoms with Gasteiger partial charge in [0.05, 0.1) is 12.1 Å². The lowest BCUT2D eigenvalue weighted by atomic mass is 10.2. The lowest BCUT2D eigenvalue weighted by molar-refractivity contribution is -0.134. The molecule has 0 saturated carbocycles. The molecule has 0 unspecified atom stereocenters. The number of benzene rings is 2. The SMILES string of the molecule is O=C(O)/C=C\C(=O)O.O=c1ccc2ccc(OCCCCN3CCN(c4cccc5sccc45)CC3)cc2[nH]1. The van der Waals surface area contributed by atoms with Gasteiger partial charge in [0, 0.05) is 66.2 Å². The molecule has 5 rings (SSSR count). The maximum absolute atomic E-state index is 11.5. The van der Waals surface area contributed by atoms with Crippen LogP contribution in [0.4, 0.5) is 5.69 Å². The van der Waals surface area contributed by atoms with E-state index in [2.05, 4.69) is 44.4 Å². The van der Waals surface area contributed by atoms with Gasteiger partial charge in [-0.2, -0.15) is 0 Å². The number of nitrogens with one attached hydrogen (secondary N) is 1. The smallest absolute Gasteiger partial charge is 0.328 e. The Kier molecular flexibility index (Phi) is 9.71. The number of unbranched alkanes of at least 4 members (excludes halogenated alkanes) is 1. The average Bonchev–Trinajstić information content (AvgIpc) is 3.41. The first-order valence-electron chi connectivity index (χ1n) is 12.7. The largest absolute Gasteiger partial charge is 0.494 e. The van der Waals surface area contributed by atoms with Crippen LogP contribution in [0, 0.1) is 0 Å². The van der Waals surface area contributed by atoms with Crippen LogP contribution in [0.2, 0.25) is 0 Å². The van der Waals surface area contributed by atoms with Crippen LogP contribution < -0.4 is 15.2 Å². The highest BCUT2D eigenvalue weighted by atomic mass is 32.1. The van der Waals surface area contributed by atoms with Crippen molar-refractivity contribution in [3.8, 4) is 5.75 Å². The molecule has 1 saturated heterocycles. The van der Waals surface area contributed by atoms with E-state index in [0.717, 1.165) is 62.2 Å². The first-order chi connectivity index (χ1) is 18.9. The fourth-order valence-corrected chi connectivity index (χ4v) is 5.26. The molecular weight excluding hydrogens is 518 g/mol. The molecule has 0 atom stereocenters. The standard InChI is InChI=1S/C25H27N3O2S.C4H4O4/c29-25-9-7-19-6-8-20(18-22(19)26-25)30-16-2-1-11-27-12-14-28(15-13-27)23-4-3-5-24-21(23)10-17-31-24;5-3(6)1-2-4(7)8/h3-10,17-18H,1-2,11-16H2,(H,26,29);1-2H,(H,5,6)(H,7,8)/b;2-1-. The van der Waals surface area contributed by atoms with Gasteiger partial charge in [-0.05, 0) is 66.6 Å². The summed E-state index contributed by atoms with van der Waals surface area (Å²) in [6, 6.07) is 18.1. The monoisotopic (exact) mass is 549 g/mol. The Hall–Kier alpha value is -4.15. The van der Waals surface area contributed by atoms with Gasteiger partial charge in [-0.15, -0.1) is 11.3 Å². The van der Waals surface area contributed by atoms with E-state index >= 15 is 0 Å². The van der Waals surface area contributed by atoms with Crippen LogP contribution in [0.15, 0.2) is 76.9 Å². The summed E-state index contributed by atoms with van der Waals surface area (Å²) < 4.78 is 7.28. The Balaban J connectivity index is 0.000000386. The summed E-state index contributed by atoms with van der Waals surface area (Å²) in [5.41, 5.74) is 2.11. The summed E-state index contributed by atoms with van der Waals surface area (Å²) in [5.74, 6) is -1.70. The van der Waals surface area contributed by atoms with Crippen LogP contribution in [0.5, 0.6) is 5.75 Å². The van der Waals surface area contributed by atoms with Crippen LogP contribution >= 0.6 is 11.3 Å². The first kappa shape index (κ1) is 27.9. The van der Waals surface area contributed by atoms with Gasteiger partial charge >= 0.3 is 11.9 Å². The molecule has 0 aliphatic carbocycles. The highest BCUT2D eigenvalue weighted by Gasteiger charge is 2.18. The van der Waals surface area contributed by atoms with E-state index in [1.54, 1.807) is 6.07 Å². The van der Waals surface area contributed by atoms with Crippen LogP contribution in [0.25, 0.3) is 21.0 Å². The Morgan fingerprint density at radius 3 is 2.44 bits per heavy atom. The maximum atomic E-state index is 11.5. The Labute approximate surface area is 229 Å². The molecule has 0 bridgehead atoms. The predicted octanol–water partition coefficient (Wildman–Crippen LogP) is 4.44. The van der Waals surface area contributed by atoms with E-state index in [9.17, 15) is 14.4 Å². The molecule has 1 fully saturated rings. The van der Waals surface area contributed by atoms with Gasteiger partial charge in [0.25, 0.3) is 0 Å². The molecule has 0 spiro atoms. The number of carboxylic acids is 2. The number of piperazine rings is 1. The molecule has 1 aliphatic heterocycles. The molecule has 39 heavy (non-hydrogen) atoms. The number of rotatable bonds is 9. The van der Waals surface area contributed by atoms with Crippen molar-refractivity contribution < 1.29 is 24.5 Å². The van der Waals surface area contributed by atoms with E-state index in [1.165, 1.54) is 15.8 Å². The second-order valence-corrected chi connectivity index (χ2v) is 10.0. The molecule has 2 aromatic heterocycles. The third-order valence-corrected chi connectivity index (χ3v) is 7.27. The third kappa shape index (κ3) is 8.17. The molecule has 9 nitrogen and oxygen atoms in total. The van der Waals surface area contributed by atoms with Crippen molar-refractivity contribution in [2.24, 2.45) is 0 Å². The number of aromatic amines is 1. The van der Waals surface area contributed by atoms with Crippen LogP contribution in [-0.2, 0) is 9.59 Å². The number of hydrogen-bond acceptors (Lipinski definition) is 7. The van der Waals surface area contributed by atoms with Crippen molar-refractivity contribution in [3.63, 3.8) is 0 Å². The quantitative estimate of drug-likeness (QED) is 0.207. The first-order valence-corrected chi connectivity index (χ1v) is 13.6. The predicted molar refractivity (Wildman–Crippen MR) is 154 cm³/mol. The number of hydrogen-bond donors (Lipinski definition) is 3. The Morgan fingerprint density at radius 1 is 0.949 bits per heavy atom. The van der Waals surface area contributed by atoms with Gasteiger partial charge in [0.15, 0.2) is 0 Å². The molecule has 204 valence electrons. The zero-order valence-electron chi connectivity index (χ0n) is 21.4. The molecule has 4 aromatic rings. The third-order valence-electron chi connectivity index (χ3n) is 6.39. The normalized spacial score (nSPS) is 13.9. The minimum atomic E-state index is -1.26. The Morgan fingerprint density at radius 2 is 1.69 bits per heavy atom. The van der Waals surface area contributed by atoms with Crippen molar-refractivity contribution in [2.75, 3.05) is 44.2 Å². The molecule has 0 amide bonds. The molecule has 0 radical (unpaired) electrons. The number of nitrogens with zero attached hydrogens (tertiary/aromatic N) is 2. The molecule has 10 heteroatoms. The number of ether oxygens (including phenoxy) is 1. The molecule has 3 N–H and O–H groups in total. The van der Waals surface area contributed by atoms with E-state index in [0.29, 0.717) is 18.8 Å². The van der Waals surface area contributed by atoms with Gasteiger partial charge in [-0.1, -0.05) is 6.07 Å². The molecule has 1 aliphatic rings. The second kappa shape index (κ2) is 13.6. The topological polar surface area (TPSA) is 123 Å². The van der Waals surface area contributed by atoms with Gasteiger partial charge in [-0.25, -0.2) is 9.59 Å². The summed E-state index contributed by atoms with van der Waals surface area (Å²) in [6.45, 7) is 6.20. The summed E-state index contributed by atoms with van der Waals surface area (Å²) in [6.07, 6.45) is 3.27. The number of carboxylic acid groups (broad SMARTS) is 2. The number of anilines is 1. The van der Waals surface area contributed by atoms with Crippen molar-refractivity contribution in [1.82, 2.24) is 9.88 Å². The average molecular weight is 550 g/mol. The van der Waals surface area contributed by atoms with E-state index in [1.807, 2.05) is 35.6 Å². The number of aliphatic carboxylic acids is 2. The molecular formula is C29H31N3O6S. The van der Waals surface area contributed by atoms with Gasteiger partial charge in [-0.3, -0.25) is 9.69 Å². The van der Waals surface area contributed by atoms with Gasteiger partial charge in [0.1, 0.15) is 5.75 Å². The zero-order valence-corrected chi connectivity index (χ0v) is 22.2. The number of aromatic nitrogens is 1. The summed E-state index contributed by atoms with van der Waals surface area (Å²) in [4.78, 5) is 38.5. The highest BCUT2D eigenvalue weighted by Crippen LogP contribution is 2.31. The second-order valence-electron chi connectivity index (χ2n) is 9.08. The van der Waals surface area contributed by atoms with Crippen molar-refractivity contribution >= 4 is 50.0 Å². The van der Waals surface area contributed by atoms with Gasteiger partial charge < -0.3 is 24.8 Å². The van der Waals surface area contributed by atoms with Crippen LogP contribution in [-0.4, -0.2) is 71.4 Å². The fraction of sp³-hybridized carbons (Fsp3) is 0.276. The highest BCUT2D eigenvalue weighted by molar-refractivity contribution is 7.17. The van der Waals surface area contributed by atoms with Crippen molar-refractivity contribution in [3.05, 3.63) is 82.5 Å². The summed E-state index contributed by atoms with van der Waals surface area (Å²) in [7, 11) is 0. The van der Waals surface area contributed by atoms with E-state index in [-0.39, 0.29) is 5.56 Å². The molecule has 2 aromatic carbocycles. The number of H-pyrrole nitrogens is 1. The number of fused-ring (bicyclic) bond motifs is 2. The number of thiophene rings is 1. The minimum Gasteiger partial charge on any atom is -0.494 e. The summed E-state index contributed by atoms with van der Waals surface area (Å²) >= 11 is 1.82. The van der Waals surface area contributed by atoms with Crippen LogP contribution in [0.3, 0.4) is 0 Å². The lowest BCUT2D eigenvalue weighted by Crippen LogP contribution is -2.46. The molecule has 3 heterocycles. The van der Waals surface area contributed by atoms with E-state index < -0.39 is 11.9 Å².